The summed E-state index contributed by atoms with van der Waals surface area (Å²) in [6.45, 7) is 4.03. The molecular weight excluding hydrogens is 148 g/mol. The first kappa shape index (κ1) is 8.98. The zero-order valence-electron chi connectivity index (χ0n) is 7.58. The summed E-state index contributed by atoms with van der Waals surface area (Å²) in [5.41, 5.74) is 2.42. The van der Waals surface area contributed by atoms with E-state index in [2.05, 4.69) is 19.1 Å². The van der Waals surface area contributed by atoms with Gasteiger partial charge in [0, 0.05) is 5.92 Å². The Morgan fingerprint density at radius 3 is 2.33 bits per heavy atom. The summed E-state index contributed by atoms with van der Waals surface area (Å²) >= 11 is 0. The highest BCUT2D eigenvalue weighted by molar-refractivity contribution is 5.61. The Kier molecular flexibility index (Phi) is 3.03. The molecule has 1 heteroatoms. The monoisotopic (exact) mass is 162 g/mol. The Balaban J connectivity index is 2.84. The van der Waals surface area contributed by atoms with Crippen molar-refractivity contribution >= 4 is 6.29 Å². The Bertz CT molecular complexity index is 248. The molecule has 1 atom stereocenters. The Morgan fingerprint density at radius 1 is 1.33 bits per heavy atom. The third-order valence-corrected chi connectivity index (χ3v) is 2.12. The van der Waals surface area contributed by atoms with Crippen molar-refractivity contribution in [2.45, 2.75) is 26.2 Å². The maximum atomic E-state index is 10.5. The van der Waals surface area contributed by atoms with Gasteiger partial charge in [0.05, 0.1) is 0 Å². The van der Waals surface area contributed by atoms with E-state index >= 15 is 0 Å². The van der Waals surface area contributed by atoms with Crippen molar-refractivity contribution in [3.05, 3.63) is 35.4 Å². The van der Waals surface area contributed by atoms with Crippen LogP contribution in [0.25, 0.3) is 0 Å². The van der Waals surface area contributed by atoms with E-state index in [1.54, 1.807) is 0 Å². The fourth-order valence-corrected chi connectivity index (χ4v) is 1.14. The van der Waals surface area contributed by atoms with Crippen molar-refractivity contribution in [3.8, 4) is 0 Å². The summed E-state index contributed by atoms with van der Waals surface area (Å²) in [6, 6.07) is 8.21. The van der Waals surface area contributed by atoms with Gasteiger partial charge in [0.1, 0.15) is 6.29 Å². The fourth-order valence-electron chi connectivity index (χ4n) is 1.14. The third kappa shape index (κ3) is 1.94. The Morgan fingerprint density at radius 2 is 1.92 bits per heavy atom. The van der Waals surface area contributed by atoms with Gasteiger partial charge >= 0.3 is 0 Å². The molecule has 1 unspecified atom stereocenters. The molecule has 0 aliphatic rings. The smallest absolute Gasteiger partial charge is 0.127 e. The van der Waals surface area contributed by atoms with Crippen LogP contribution in [0.4, 0.5) is 0 Å². The van der Waals surface area contributed by atoms with Gasteiger partial charge in [-0.2, -0.15) is 0 Å². The number of carbonyl (C=O) groups is 1. The maximum absolute atomic E-state index is 10.5. The molecule has 0 aliphatic carbocycles. The lowest BCUT2D eigenvalue weighted by molar-refractivity contribution is -0.108. The molecule has 0 amide bonds. The third-order valence-electron chi connectivity index (χ3n) is 2.12. The molecule has 0 fully saturated rings. The number of hydrogen-bond donors (Lipinski definition) is 0. The van der Waals surface area contributed by atoms with Gasteiger partial charge in [-0.05, 0) is 17.5 Å². The molecule has 1 aromatic carbocycles. The van der Waals surface area contributed by atoms with Crippen LogP contribution >= 0.6 is 0 Å². The molecule has 64 valence electrons. The van der Waals surface area contributed by atoms with Gasteiger partial charge in [-0.15, -0.1) is 0 Å². The standard InChI is InChI=1S/C11H14O/c1-3-10-4-6-11(7-5-10)9(2)8-12/h4-9H,3H2,1-2H3. The second kappa shape index (κ2) is 4.05. The fraction of sp³-hybridized carbons (Fsp3) is 0.364. The van der Waals surface area contributed by atoms with Gasteiger partial charge < -0.3 is 4.79 Å². The second-order valence-electron chi connectivity index (χ2n) is 3.02. The van der Waals surface area contributed by atoms with Crippen LogP contribution in [0.3, 0.4) is 0 Å². The summed E-state index contributed by atoms with van der Waals surface area (Å²) in [7, 11) is 0. The molecule has 0 N–H and O–H groups in total. The van der Waals surface area contributed by atoms with Crippen molar-refractivity contribution in [2.24, 2.45) is 0 Å². The van der Waals surface area contributed by atoms with Gasteiger partial charge in [0.25, 0.3) is 0 Å². The summed E-state index contributed by atoms with van der Waals surface area (Å²) in [5.74, 6) is 0.0240. The number of aryl methyl sites for hydroxylation is 1. The van der Waals surface area contributed by atoms with Gasteiger partial charge in [-0.25, -0.2) is 0 Å². The van der Waals surface area contributed by atoms with Gasteiger partial charge in [-0.1, -0.05) is 38.1 Å². The number of hydrogen-bond acceptors (Lipinski definition) is 1. The van der Waals surface area contributed by atoms with E-state index in [1.165, 1.54) is 5.56 Å². The zero-order valence-corrected chi connectivity index (χ0v) is 7.58. The molecule has 1 aromatic rings. The highest BCUT2D eigenvalue weighted by Crippen LogP contribution is 2.13. The van der Waals surface area contributed by atoms with Crippen LogP contribution < -0.4 is 0 Å². The number of benzene rings is 1. The average molecular weight is 162 g/mol. The summed E-state index contributed by atoms with van der Waals surface area (Å²) < 4.78 is 0. The molecule has 1 nitrogen and oxygen atoms in total. The predicted molar refractivity (Wildman–Crippen MR) is 50.3 cm³/mol. The summed E-state index contributed by atoms with van der Waals surface area (Å²) in [4.78, 5) is 10.5. The van der Waals surface area contributed by atoms with Crippen molar-refractivity contribution < 1.29 is 4.79 Å². The minimum absolute atomic E-state index is 0.0240. The largest absolute Gasteiger partial charge is 0.303 e. The van der Waals surface area contributed by atoms with Crippen molar-refractivity contribution in [1.29, 1.82) is 0 Å². The van der Waals surface area contributed by atoms with Gasteiger partial charge in [0.15, 0.2) is 0 Å². The maximum Gasteiger partial charge on any atom is 0.127 e. The molecule has 0 aliphatic heterocycles. The Hall–Kier alpha value is -1.11. The molecule has 0 heterocycles. The lowest BCUT2D eigenvalue weighted by Crippen LogP contribution is -1.93. The topological polar surface area (TPSA) is 17.1 Å². The molecule has 12 heavy (non-hydrogen) atoms. The van der Waals surface area contributed by atoms with Crippen LogP contribution in [0.15, 0.2) is 24.3 Å². The number of aldehydes is 1. The van der Waals surface area contributed by atoms with E-state index in [0.29, 0.717) is 0 Å². The molecule has 0 saturated carbocycles. The lowest BCUT2D eigenvalue weighted by atomic mass is 10.0. The van der Waals surface area contributed by atoms with Crippen molar-refractivity contribution in [2.75, 3.05) is 0 Å². The first-order valence-electron chi connectivity index (χ1n) is 4.32. The summed E-state index contributed by atoms with van der Waals surface area (Å²) in [6.07, 6.45) is 2.02. The zero-order chi connectivity index (χ0) is 8.97. The van der Waals surface area contributed by atoms with E-state index in [1.807, 2.05) is 19.1 Å². The molecular formula is C11H14O. The predicted octanol–water partition coefficient (Wildman–Crippen LogP) is 2.55. The van der Waals surface area contributed by atoms with Crippen LogP contribution in [0.2, 0.25) is 0 Å². The van der Waals surface area contributed by atoms with Crippen LogP contribution in [-0.4, -0.2) is 6.29 Å². The second-order valence-corrected chi connectivity index (χ2v) is 3.02. The van der Waals surface area contributed by atoms with E-state index in [0.717, 1.165) is 18.3 Å². The molecule has 0 bridgehead atoms. The average Bonchev–Trinajstić information content (AvgIpc) is 2.17. The molecule has 0 spiro atoms. The quantitative estimate of drug-likeness (QED) is 0.624. The van der Waals surface area contributed by atoms with Crippen LogP contribution in [0.5, 0.6) is 0 Å². The normalized spacial score (nSPS) is 12.5. The lowest BCUT2D eigenvalue weighted by Gasteiger charge is -2.04. The SMILES string of the molecule is CCc1ccc(C(C)C=O)cc1. The van der Waals surface area contributed by atoms with E-state index in [9.17, 15) is 4.79 Å². The number of carbonyl (C=O) groups excluding carboxylic acids is 1. The van der Waals surface area contributed by atoms with Crippen LogP contribution in [0, 0.1) is 0 Å². The van der Waals surface area contributed by atoms with Gasteiger partial charge in [0.2, 0.25) is 0 Å². The highest BCUT2D eigenvalue weighted by atomic mass is 16.1. The summed E-state index contributed by atoms with van der Waals surface area (Å²) in [5, 5.41) is 0. The van der Waals surface area contributed by atoms with Crippen molar-refractivity contribution in [3.63, 3.8) is 0 Å². The minimum Gasteiger partial charge on any atom is -0.303 e. The molecule has 1 rings (SSSR count). The Labute approximate surface area is 73.4 Å². The van der Waals surface area contributed by atoms with E-state index in [4.69, 9.17) is 0 Å². The van der Waals surface area contributed by atoms with Crippen LogP contribution in [0.1, 0.15) is 30.9 Å². The van der Waals surface area contributed by atoms with E-state index in [-0.39, 0.29) is 5.92 Å². The van der Waals surface area contributed by atoms with Crippen LogP contribution in [-0.2, 0) is 11.2 Å². The van der Waals surface area contributed by atoms with E-state index < -0.39 is 0 Å². The number of rotatable bonds is 3. The molecule has 0 saturated heterocycles. The highest BCUT2D eigenvalue weighted by Gasteiger charge is 2.01. The van der Waals surface area contributed by atoms with Gasteiger partial charge in [-0.3, -0.25) is 0 Å². The first-order chi connectivity index (χ1) is 5.77. The molecule has 0 aromatic heterocycles. The molecule has 0 radical (unpaired) electrons. The first-order valence-corrected chi connectivity index (χ1v) is 4.32. The minimum atomic E-state index is 0.0240. The van der Waals surface area contributed by atoms with Crippen molar-refractivity contribution in [1.82, 2.24) is 0 Å².